The van der Waals surface area contributed by atoms with Crippen molar-refractivity contribution in [1.29, 1.82) is 0 Å². The lowest BCUT2D eigenvalue weighted by atomic mass is 10.1. The van der Waals surface area contributed by atoms with E-state index in [1.165, 1.54) is 5.56 Å². The first-order valence-corrected chi connectivity index (χ1v) is 5.63. The first-order chi connectivity index (χ1) is 7.68. The number of hydrogen-bond acceptors (Lipinski definition) is 2. The van der Waals surface area contributed by atoms with E-state index in [0.717, 1.165) is 25.8 Å². The number of rotatable bonds is 7. The molecule has 0 aliphatic rings. The molecule has 3 heteroatoms. The Morgan fingerprint density at radius 2 is 1.94 bits per heavy atom. The van der Waals surface area contributed by atoms with Crippen molar-refractivity contribution in [3.05, 3.63) is 35.9 Å². The van der Waals surface area contributed by atoms with Gasteiger partial charge in [0.15, 0.2) is 0 Å². The highest BCUT2D eigenvalue weighted by molar-refractivity contribution is 5.68. The zero-order valence-corrected chi connectivity index (χ0v) is 9.72. The molecule has 0 radical (unpaired) electrons. The molecule has 1 N–H and O–H groups in total. The van der Waals surface area contributed by atoms with Gasteiger partial charge in [0.25, 0.3) is 0 Å². The monoisotopic (exact) mass is 221 g/mol. The molecular formula is C13H19NO2. The molecule has 0 saturated heterocycles. The van der Waals surface area contributed by atoms with E-state index >= 15 is 0 Å². The second-order valence-electron chi connectivity index (χ2n) is 4.07. The highest BCUT2D eigenvalue weighted by Gasteiger charge is 2.03. The Hall–Kier alpha value is -1.35. The van der Waals surface area contributed by atoms with Gasteiger partial charge in [0, 0.05) is 0 Å². The highest BCUT2D eigenvalue weighted by Crippen LogP contribution is 2.04. The Balaban J connectivity index is 2.10. The quantitative estimate of drug-likeness (QED) is 0.716. The number of carbonyl (C=O) groups is 1. The van der Waals surface area contributed by atoms with E-state index in [0.29, 0.717) is 0 Å². The van der Waals surface area contributed by atoms with Crippen LogP contribution in [0.3, 0.4) is 0 Å². The van der Waals surface area contributed by atoms with Crippen molar-refractivity contribution in [3.63, 3.8) is 0 Å². The lowest BCUT2D eigenvalue weighted by molar-refractivity contribution is -0.137. The van der Waals surface area contributed by atoms with E-state index in [-0.39, 0.29) is 6.54 Å². The molecule has 0 heterocycles. The first-order valence-electron chi connectivity index (χ1n) is 5.63. The van der Waals surface area contributed by atoms with E-state index in [1.807, 2.05) is 30.1 Å². The van der Waals surface area contributed by atoms with Crippen molar-refractivity contribution in [2.45, 2.75) is 19.3 Å². The minimum Gasteiger partial charge on any atom is -0.480 e. The summed E-state index contributed by atoms with van der Waals surface area (Å²) in [4.78, 5) is 12.3. The van der Waals surface area contributed by atoms with Gasteiger partial charge in [0.05, 0.1) is 6.54 Å². The maximum atomic E-state index is 10.4. The lowest BCUT2D eigenvalue weighted by Crippen LogP contribution is -2.26. The summed E-state index contributed by atoms with van der Waals surface area (Å²) in [6.45, 7) is 0.977. The maximum absolute atomic E-state index is 10.4. The van der Waals surface area contributed by atoms with Crippen molar-refractivity contribution in [2.24, 2.45) is 0 Å². The second kappa shape index (κ2) is 7.01. The normalized spacial score (nSPS) is 10.6. The molecule has 0 spiro atoms. The van der Waals surface area contributed by atoms with E-state index < -0.39 is 5.97 Å². The van der Waals surface area contributed by atoms with Gasteiger partial charge >= 0.3 is 5.97 Å². The van der Waals surface area contributed by atoms with Crippen LogP contribution in [-0.2, 0) is 11.2 Å². The topological polar surface area (TPSA) is 40.5 Å². The SMILES string of the molecule is CN(CCCCc1ccccc1)CC(=O)O. The maximum Gasteiger partial charge on any atom is 0.317 e. The van der Waals surface area contributed by atoms with Crippen LogP contribution in [0.2, 0.25) is 0 Å². The molecule has 3 nitrogen and oxygen atoms in total. The molecule has 0 amide bonds. The number of nitrogens with zero attached hydrogens (tertiary/aromatic N) is 1. The molecule has 16 heavy (non-hydrogen) atoms. The third-order valence-electron chi connectivity index (χ3n) is 2.50. The number of hydrogen-bond donors (Lipinski definition) is 1. The van der Waals surface area contributed by atoms with Crippen LogP contribution >= 0.6 is 0 Å². The average molecular weight is 221 g/mol. The van der Waals surface area contributed by atoms with Gasteiger partial charge in [0.1, 0.15) is 0 Å². The van der Waals surface area contributed by atoms with Crippen LogP contribution in [0.15, 0.2) is 30.3 Å². The van der Waals surface area contributed by atoms with Gasteiger partial charge in [-0.1, -0.05) is 30.3 Å². The molecule has 0 bridgehead atoms. The van der Waals surface area contributed by atoms with Crippen LogP contribution in [0.4, 0.5) is 0 Å². The van der Waals surface area contributed by atoms with Crippen LogP contribution < -0.4 is 0 Å². The van der Waals surface area contributed by atoms with Crippen molar-refractivity contribution < 1.29 is 9.90 Å². The Kier molecular flexibility index (Phi) is 5.57. The van der Waals surface area contributed by atoms with E-state index in [9.17, 15) is 4.79 Å². The highest BCUT2D eigenvalue weighted by atomic mass is 16.4. The summed E-state index contributed by atoms with van der Waals surface area (Å²) in [5, 5.41) is 8.58. The zero-order chi connectivity index (χ0) is 11.8. The Labute approximate surface area is 96.7 Å². The molecule has 0 aliphatic heterocycles. The Morgan fingerprint density at radius 3 is 2.56 bits per heavy atom. The van der Waals surface area contributed by atoms with E-state index in [2.05, 4.69) is 12.1 Å². The number of likely N-dealkylation sites (N-methyl/N-ethyl adjacent to an activating group) is 1. The molecule has 0 fully saturated rings. The van der Waals surface area contributed by atoms with Gasteiger partial charge < -0.3 is 5.11 Å². The van der Waals surface area contributed by atoms with Crippen LogP contribution in [0.1, 0.15) is 18.4 Å². The Morgan fingerprint density at radius 1 is 1.25 bits per heavy atom. The van der Waals surface area contributed by atoms with Crippen LogP contribution in [0, 0.1) is 0 Å². The molecular weight excluding hydrogens is 202 g/mol. The zero-order valence-electron chi connectivity index (χ0n) is 9.72. The average Bonchev–Trinajstić information content (AvgIpc) is 2.25. The van der Waals surface area contributed by atoms with E-state index in [4.69, 9.17) is 5.11 Å². The predicted molar refractivity (Wildman–Crippen MR) is 64.5 cm³/mol. The third-order valence-corrected chi connectivity index (χ3v) is 2.50. The van der Waals surface area contributed by atoms with Gasteiger partial charge in [-0.25, -0.2) is 0 Å². The number of carboxylic acid groups (broad SMARTS) is 1. The van der Waals surface area contributed by atoms with Crippen LogP contribution in [0.25, 0.3) is 0 Å². The summed E-state index contributed by atoms with van der Waals surface area (Å²) in [7, 11) is 1.84. The van der Waals surface area contributed by atoms with Gasteiger partial charge in [-0.3, -0.25) is 9.69 Å². The van der Waals surface area contributed by atoms with Crippen LogP contribution in [0.5, 0.6) is 0 Å². The molecule has 0 unspecified atom stereocenters. The minimum atomic E-state index is -0.759. The van der Waals surface area contributed by atoms with Crippen molar-refractivity contribution in [3.8, 4) is 0 Å². The van der Waals surface area contributed by atoms with Gasteiger partial charge in [-0.2, -0.15) is 0 Å². The molecule has 0 atom stereocenters. The number of benzene rings is 1. The minimum absolute atomic E-state index is 0.130. The molecule has 0 saturated carbocycles. The van der Waals surface area contributed by atoms with Gasteiger partial charge in [-0.05, 0) is 38.4 Å². The number of aryl methyl sites for hydroxylation is 1. The standard InChI is InChI=1S/C13H19NO2/c1-14(11-13(15)16)10-6-5-9-12-7-3-2-4-8-12/h2-4,7-8H,5-6,9-11H2,1H3,(H,15,16). The molecule has 88 valence electrons. The molecule has 0 aromatic heterocycles. The summed E-state index contributed by atoms with van der Waals surface area (Å²) in [6, 6.07) is 10.4. The molecule has 1 aromatic carbocycles. The summed E-state index contributed by atoms with van der Waals surface area (Å²) in [5.41, 5.74) is 1.35. The van der Waals surface area contributed by atoms with Gasteiger partial charge in [0.2, 0.25) is 0 Å². The summed E-state index contributed by atoms with van der Waals surface area (Å²) in [6.07, 6.45) is 3.22. The van der Waals surface area contributed by atoms with Crippen molar-refractivity contribution >= 4 is 5.97 Å². The predicted octanol–water partition coefficient (Wildman–Crippen LogP) is 2.03. The van der Waals surface area contributed by atoms with Crippen LogP contribution in [-0.4, -0.2) is 36.1 Å². The smallest absolute Gasteiger partial charge is 0.317 e. The number of aliphatic carboxylic acids is 1. The van der Waals surface area contributed by atoms with Crippen molar-refractivity contribution in [1.82, 2.24) is 4.90 Å². The summed E-state index contributed by atoms with van der Waals surface area (Å²) in [5.74, 6) is -0.759. The van der Waals surface area contributed by atoms with Crippen molar-refractivity contribution in [2.75, 3.05) is 20.1 Å². The number of unbranched alkanes of at least 4 members (excludes halogenated alkanes) is 1. The lowest BCUT2D eigenvalue weighted by Gasteiger charge is -2.13. The Bertz CT molecular complexity index is 311. The van der Waals surface area contributed by atoms with E-state index in [1.54, 1.807) is 0 Å². The fourth-order valence-electron chi connectivity index (χ4n) is 1.67. The second-order valence-corrected chi connectivity index (χ2v) is 4.07. The molecule has 1 aromatic rings. The third kappa shape index (κ3) is 5.51. The first kappa shape index (κ1) is 12.7. The largest absolute Gasteiger partial charge is 0.480 e. The van der Waals surface area contributed by atoms with Gasteiger partial charge in [-0.15, -0.1) is 0 Å². The molecule has 0 aliphatic carbocycles. The summed E-state index contributed by atoms with van der Waals surface area (Å²) < 4.78 is 0. The molecule has 1 rings (SSSR count). The summed E-state index contributed by atoms with van der Waals surface area (Å²) >= 11 is 0. The fraction of sp³-hybridized carbons (Fsp3) is 0.462. The number of carboxylic acids is 1. The fourth-order valence-corrected chi connectivity index (χ4v) is 1.67.